The fourth-order valence-corrected chi connectivity index (χ4v) is 3.60. The molecule has 0 saturated heterocycles. The second-order valence-corrected chi connectivity index (χ2v) is 6.98. The van der Waals surface area contributed by atoms with Crippen LogP contribution in [0.5, 0.6) is 0 Å². The summed E-state index contributed by atoms with van der Waals surface area (Å²) in [5.74, 6) is -1.23. The van der Waals surface area contributed by atoms with Gasteiger partial charge in [-0.3, -0.25) is 9.10 Å². The molecule has 0 heterocycles. The molecule has 2 aromatic carbocycles. The molecule has 0 fully saturated rings. The van der Waals surface area contributed by atoms with Crippen LogP contribution >= 0.6 is 15.9 Å². The molecule has 21 heavy (non-hydrogen) atoms. The van der Waals surface area contributed by atoms with E-state index in [0.717, 1.165) is 4.31 Å². The summed E-state index contributed by atoms with van der Waals surface area (Å²) in [6.07, 6.45) is 0. The van der Waals surface area contributed by atoms with Crippen molar-refractivity contribution in [2.45, 2.75) is 4.90 Å². The molecule has 0 aliphatic heterocycles. The number of carboxylic acid groups (broad SMARTS) is 1. The Hall–Kier alpha value is -1.86. The molecule has 1 N–H and O–H groups in total. The van der Waals surface area contributed by atoms with Crippen LogP contribution in [0, 0.1) is 0 Å². The fraction of sp³-hybridized carbons (Fsp3) is 0.0714. The van der Waals surface area contributed by atoms with Gasteiger partial charge in [0.05, 0.1) is 10.6 Å². The van der Waals surface area contributed by atoms with Gasteiger partial charge in [-0.05, 0) is 30.3 Å². The molecule has 0 bridgehead atoms. The first-order valence-electron chi connectivity index (χ1n) is 5.96. The van der Waals surface area contributed by atoms with Gasteiger partial charge in [-0.15, -0.1) is 0 Å². The molecule has 0 unspecified atom stereocenters. The van der Waals surface area contributed by atoms with Crippen LogP contribution < -0.4 is 4.31 Å². The van der Waals surface area contributed by atoms with Crippen molar-refractivity contribution in [2.75, 3.05) is 10.8 Å². The Labute approximate surface area is 131 Å². The average Bonchev–Trinajstić information content (AvgIpc) is 2.45. The third kappa shape index (κ3) is 3.62. The third-order valence-electron chi connectivity index (χ3n) is 2.71. The van der Waals surface area contributed by atoms with Gasteiger partial charge in [0, 0.05) is 4.47 Å². The van der Waals surface area contributed by atoms with E-state index in [1.54, 1.807) is 42.5 Å². The molecule has 0 radical (unpaired) electrons. The number of nitrogens with zero attached hydrogens (tertiary/aromatic N) is 1. The summed E-state index contributed by atoms with van der Waals surface area (Å²) in [6, 6.07) is 14.2. The maximum absolute atomic E-state index is 12.6. The van der Waals surface area contributed by atoms with Crippen molar-refractivity contribution in [3.63, 3.8) is 0 Å². The zero-order chi connectivity index (χ0) is 15.5. The van der Waals surface area contributed by atoms with Crippen LogP contribution in [0.4, 0.5) is 5.69 Å². The minimum atomic E-state index is -3.93. The number of hydrogen-bond donors (Lipinski definition) is 1. The summed E-state index contributed by atoms with van der Waals surface area (Å²) in [5.41, 5.74) is 0.288. The molecule has 0 aliphatic carbocycles. The molecule has 7 heteroatoms. The first kappa shape index (κ1) is 15.5. The van der Waals surface area contributed by atoms with Gasteiger partial charge in [-0.1, -0.05) is 40.2 Å². The smallest absolute Gasteiger partial charge is 0.324 e. The Kier molecular flexibility index (Phi) is 4.64. The Morgan fingerprint density at radius 2 is 1.76 bits per heavy atom. The number of sulfonamides is 1. The largest absolute Gasteiger partial charge is 0.480 e. The number of benzene rings is 2. The zero-order valence-corrected chi connectivity index (χ0v) is 13.2. The van der Waals surface area contributed by atoms with E-state index < -0.39 is 22.5 Å². The summed E-state index contributed by atoms with van der Waals surface area (Å²) in [5, 5.41) is 9.01. The highest BCUT2D eigenvalue weighted by Gasteiger charge is 2.26. The Morgan fingerprint density at radius 1 is 1.10 bits per heavy atom. The van der Waals surface area contributed by atoms with E-state index in [-0.39, 0.29) is 10.6 Å². The first-order chi connectivity index (χ1) is 9.91. The van der Waals surface area contributed by atoms with Crippen molar-refractivity contribution >= 4 is 37.6 Å². The van der Waals surface area contributed by atoms with Gasteiger partial charge >= 0.3 is 5.97 Å². The van der Waals surface area contributed by atoms with Crippen molar-refractivity contribution in [1.82, 2.24) is 0 Å². The van der Waals surface area contributed by atoms with Gasteiger partial charge in [0.2, 0.25) is 0 Å². The number of hydrogen-bond acceptors (Lipinski definition) is 3. The van der Waals surface area contributed by atoms with Crippen molar-refractivity contribution in [3.05, 3.63) is 59.1 Å². The molecule has 0 aromatic heterocycles. The van der Waals surface area contributed by atoms with Gasteiger partial charge in [0.15, 0.2) is 0 Å². The Bertz CT molecular complexity index is 747. The number of carboxylic acids is 1. The summed E-state index contributed by atoms with van der Waals surface area (Å²) in [7, 11) is -3.93. The van der Waals surface area contributed by atoms with Crippen LogP contribution in [-0.2, 0) is 14.8 Å². The number of rotatable bonds is 5. The normalized spacial score (nSPS) is 11.1. The van der Waals surface area contributed by atoms with Gasteiger partial charge in [-0.25, -0.2) is 8.42 Å². The topological polar surface area (TPSA) is 74.7 Å². The number of anilines is 1. The lowest BCUT2D eigenvalue weighted by atomic mass is 10.3. The van der Waals surface area contributed by atoms with Crippen molar-refractivity contribution < 1.29 is 18.3 Å². The van der Waals surface area contributed by atoms with Crippen LogP contribution in [0.3, 0.4) is 0 Å². The molecule has 2 rings (SSSR count). The van der Waals surface area contributed by atoms with E-state index in [4.69, 9.17) is 5.11 Å². The zero-order valence-electron chi connectivity index (χ0n) is 10.8. The monoisotopic (exact) mass is 369 g/mol. The highest BCUT2D eigenvalue weighted by atomic mass is 79.9. The van der Waals surface area contributed by atoms with Gasteiger partial charge in [0.25, 0.3) is 10.0 Å². The summed E-state index contributed by atoms with van der Waals surface area (Å²) < 4.78 is 26.8. The highest BCUT2D eigenvalue weighted by molar-refractivity contribution is 9.10. The number of aliphatic carboxylic acids is 1. The van der Waals surface area contributed by atoms with Crippen molar-refractivity contribution in [2.24, 2.45) is 0 Å². The predicted molar refractivity (Wildman–Crippen MR) is 82.8 cm³/mol. The van der Waals surface area contributed by atoms with Gasteiger partial charge in [0.1, 0.15) is 6.54 Å². The highest BCUT2D eigenvalue weighted by Crippen LogP contribution is 2.25. The van der Waals surface area contributed by atoms with Crippen molar-refractivity contribution in [1.29, 1.82) is 0 Å². The van der Waals surface area contributed by atoms with E-state index in [2.05, 4.69) is 15.9 Å². The minimum absolute atomic E-state index is 0.0474. The molecule has 110 valence electrons. The second-order valence-electron chi connectivity index (χ2n) is 4.20. The first-order valence-corrected chi connectivity index (χ1v) is 8.20. The van der Waals surface area contributed by atoms with E-state index in [1.165, 1.54) is 12.1 Å². The van der Waals surface area contributed by atoms with E-state index >= 15 is 0 Å². The second kappa shape index (κ2) is 6.28. The Balaban J connectivity index is 2.53. The maximum Gasteiger partial charge on any atom is 0.324 e. The summed E-state index contributed by atoms with van der Waals surface area (Å²) in [6.45, 7) is -0.645. The minimum Gasteiger partial charge on any atom is -0.480 e. The van der Waals surface area contributed by atoms with E-state index in [9.17, 15) is 13.2 Å². The van der Waals surface area contributed by atoms with Gasteiger partial charge in [-0.2, -0.15) is 0 Å². The molecule has 0 amide bonds. The maximum atomic E-state index is 12.6. The van der Waals surface area contributed by atoms with Gasteiger partial charge < -0.3 is 5.11 Å². The molecule has 5 nitrogen and oxygen atoms in total. The van der Waals surface area contributed by atoms with Crippen LogP contribution in [-0.4, -0.2) is 26.0 Å². The molecule has 0 saturated carbocycles. The van der Waals surface area contributed by atoms with Crippen LogP contribution in [0.15, 0.2) is 64.0 Å². The lowest BCUT2D eigenvalue weighted by Gasteiger charge is -2.22. The van der Waals surface area contributed by atoms with Crippen molar-refractivity contribution in [3.8, 4) is 0 Å². The molecule has 0 atom stereocenters. The molecule has 2 aromatic rings. The molecule has 0 spiro atoms. The standard InChI is InChI=1S/C14H12BrNO4S/c15-11-5-4-6-12(9-11)16(10-14(17)18)21(19,20)13-7-2-1-3-8-13/h1-9H,10H2,(H,17,18). The molecular weight excluding hydrogens is 358 g/mol. The fourth-order valence-electron chi connectivity index (χ4n) is 1.79. The quantitative estimate of drug-likeness (QED) is 0.878. The van der Waals surface area contributed by atoms with E-state index in [1.807, 2.05) is 0 Å². The van der Waals surface area contributed by atoms with Crippen LogP contribution in [0.2, 0.25) is 0 Å². The number of halogens is 1. The lowest BCUT2D eigenvalue weighted by molar-refractivity contribution is -0.135. The molecular formula is C14H12BrNO4S. The van der Waals surface area contributed by atoms with E-state index in [0.29, 0.717) is 4.47 Å². The average molecular weight is 370 g/mol. The predicted octanol–water partition coefficient (Wildman–Crippen LogP) is 2.73. The van der Waals surface area contributed by atoms with Crippen LogP contribution in [0.1, 0.15) is 0 Å². The van der Waals surface area contributed by atoms with Crippen LogP contribution in [0.25, 0.3) is 0 Å². The SMILES string of the molecule is O=C(O)CN(c1cccc(Br)c1)S(=O)(=O)c1ccccc1. The number of carbonyl (C=O) groups is 1. The third-order valence-corrected chi connectivity index (χ3v) is 4.99. The summed E-state index contributed by atoms with van der Waals surface area (Å²) >= 11 is 3.25. The summed E-state index contributed by atoms with van der Waals surface area (Å²) in [4.78, 5) is 11.1. The lowest BCUT2D eigenvalue weighted by Crippen LogP contribution is -2.35. The Morgan fingerprint density at radius 3 is 2.33 bits per heavy atom. The molecule has 0 aliphatic rings.